The number of hydrogen-bond acceptors (Lipinski definition) is 6. The Kier molecular flexibility index (Phi) is 61.9. The van der Waals surface area contributed by atoms with Crippen molar-refractivity contribution < 1.29 is 28.6 Å². The molecule has 0 N–H and O–H groups in total. The van der Waals surface area contributed by atoms with Crippen molar-refractivity contribution in [3.05, 3.63) is 146 Å². The summed E-state index contributed by atoms with van der Waals surface area (Å²) in [5, 5.41) is 0. The molecule has 6 heteroatoms. The average molecular weight is 1090 g/mol. The number of carbonyl (C=O) groups excluding carboxylic acids is 3. The average Bonchev–Trinajstić information content (AvgIpc) is 3.45. The number of esters is 3. The maximum absolute atomic E-state index is 12.8. The van der Waals surface area contributed by atoms with Gasteiger partial charge < -0.3 is 14.2 Å². The Morgan fingerprint density at radius 2 is 0.532 bits per heavy atom. The van der Waals surface area contributed by atoms with E-state index in [0.717, 1.165) is 116 Å². The lowest BCUT2D eigenvalue weighted by molar-refractivity contribution is -0.166. The molecular formula is C73H118O6. The van der Waals surface area contributed by atoms with Gasteiger partial charge in [0, 0.05) is 12.8 Å². The molecule has 0 aliphatic rings. The highest BCUT2D eigenvalue weighted by atomic mass is 16.6. The summed E-state index contributed by atoms with van der Waals surface area (Å²) in [6.07, 6.45) is 94.7. The van der Waals surface area contributed by atoms with Crippen LogP contribution in [0.2, 0.25) is 0 Å². The lowest BCUT2D eigenvalue weighted by Gasteiger charge is -2.18. The summed E-state index contributed by atoms with van der Waals surface area (Å²) in [5.41, 5.74) is 0. The summed E-state index contributed by atoms with van der Waals surface area (Å²) < 4.78 is 16.8. The van der Waals surface area contributed by atoms with E-state index in [0.29, 0.717) is 19.3 Å². The van der Waals surface area contributed by atoms with Gasteiger partial charge in [0.25, 0.3) is 0 Å². The molecule has 0 aromatic carbocycles. The van der Waals surface area contributed by atoms with Crippen LogP contribution in [0.25, 0.3) is 0 Å². The van der Waals surface area contributed by atoms with Gasteiger partial charge in [-0.05, 0) is 122 Å². The van der Waals surface area contributed by atoms with Crippen LogP contribution in [-0.4, -0.2) is 37.2 Å². The molecule has 0 amide bonds. The molecule has 0 aromatic rings. The number of unbranched alkanes of at least 4 members (excludes halogenated alkanes) is 23. The predicted octanol–water partition coefficient (Wildman–Crippen LogP) is 22.3. The summed E-state index contributed by atoms with van der Waals surface area (Å²) in [6.45, 7) is 6.31. The Labute approximate surface area is 487 Å². The van der Waals surface area contributed by atoms with Gasteiger partial charge in [0.1, 0.15) is 13.2 Å². The van der Waals surface area contributed by atoms with Gasteiger partial charge in [-0.15, -0.1) is 0 Å². The van der Waals surface area contributed by atoms with Crippen LogP contribution in [-0.2, 0) is 28.6 Å². The molecule has 0 rings (SSSR count). The van der Waals surface area contributed by atoms with Gasteiger partial charge in [-0.25, -0.2) is 0 Å². The Morgan fingerprint density at radius 3 is 0.848 bits per heavy atom. The SMILES string of the molecule is CC/C=C\C/C=C\C/C=C\C/C=C\C/C=C\C/C=C\CCCCCCCCCCCCCCCCC(=O)OCC(COC(=O)CCCCCCC/C=C\CCCCCC)OC(=O)C/C=C\C/C=C\C/C=C\C/C=C\C/C=C\CC. The van der Waals surface area contributed by atoms with Gasteiger partial charge in [-0.3, -0.25) is 14.4 Å². The summed E-state index contributed by atoms with van der Waals surface area (Å²) in [4.78, 5) is 38.2. The molecule has 0 radical (unpaired) electrons. The fraction of sp³-hybridized carbons (Fsp3) is 0.630. The van der Waals surface area contributed by atoms with Gasteiger partial charge in [0.15, 0.2) is 6.10 Å². The van der Waals surface area contributed by atoms with Crippen molar-refractivity contribution in [2.45, 2.75) is 284 Å². The maximum atomic E-state index is 12.8. The first kappa shape index (κ1) is 74.3. The van der Waals surface area contributed by atoms with Crippen LogP contribution in [0.4, 0.5) is 0 Å². The van der Waals surface area contributed by atoms with Crippen LogP contribution in [0.5, 0.6) is 0 Å². The van der Waals surface area contributed by atoms with E-state index in [1.807, 2.05) is 6.08 Å². The van der Waals surface area contributed by atoms with Gasteiger partial charge in [-0.2, -0.15) is 0 Å². The van der Waals surface area contributed by atoms with Crippen LogP contribution in [0.3, 0.4) is 0 Å². The van der Waals surface area contributed by atoms with Gasteiger partial charge in [0.2, 0.25) is 0 Å². The highest BCUT2D eigenvalue weighted by Crippen LogP contribution is 2.15. The molecule has 0 saturated carbocycles. The zero-order valence-corrected chi connectivity index (χ0v) is 51.1. The van der Waals surface area contributed by atoms with Crippen molar-refractivity contribution in [1.29, 1.82) is 0 Å². The molecule has 6 nitrogen and oxygen atoms in total. The van der Waals surface area contributed by atoms with Crippen LogP contribution in [0, 0.1) is 0 Å². The first-order valence-electron chi connectivity index (χ1n) is 32.3. The highest BCUT2D eigenvalue weighted by molar-refractivity contribution is 5.72. The Morgan fingerprint density at radius 1 is 0.278 bits per heavy atom. The van der Waals surface area contributed by atoms with E-state index in [2.05, 4.69) is 154 Å². The molecule has 1 unspecified atom stereocenters. The maximum Gasteiger partial charge on any atom is 0.310 e. The first-order chi connectivity index (χ1) is 39.0. The minimum atomic E-state index is -0.840. The monoisotopic (exact) mass is 1090 g/mol. The van der Waals surface area contributed by atoms with Crippen LogP contribution in [0.1, 0.15) is 278 Å². The van der Waals surface area contributed by atoms with Crippen LogP contribution < -0.4 is 0 Å². The van der Waals surface area contributed by atoms with Crippen molar-refractivity contribution in [1.82, 2.24) is 0 Å². The molecule has 1 atom stereocenters. The zero-order chi connectivity index (χ0) is 57.1. The summed E-state index contributed by atoms with van der Waals surface area (Å²) in [6, 6.07) is 0. The van der Waals surface area contributed by atoms with E-state index in [-0.39, 0.29) is 31.6 Å². The molecule has 0 heterocycles. The van der Waals surface area contributed by atoms with Gasteiger partial charge >= 0.3 is 17.9 Å². The van der Waals surface area contributed by atoms with Crippen LogP contribution >= 0.6 is 0 Å². The summed E-state index contributed by atoms with van der Waals surface area (Å²) >= 11 is 0. The van der Waals surface area contributed by atoms with E-state index >= 15 is 0 Å². The van der Waals surface area contributed by atoms with E-state index in [1.165, 1.54) is 116 Å². The van der Waals surface area contributed by atoms with Gasteiger partial charge in [0.05, 0.1) is 6.42 Å². The first-order valence-corrected chi connectivity index (χ1v) is 32.3. The normalized spacial score (nSPS) is 13.1. The molecule has 0 aliphatic carbocycles. The van der Waals surface area contributed by atoms with E-state index < -0.39 is 12.1 Å². The smallest absolute Gasteiger partial charge is 0.310 e. The van der Waals surface area contributed by atoms with Crippen molar-refractivity contribution >= 4 is 17.9 Å². The van der Waals surface area contributed by atoms with E-state index in [9.17, 15) is 14.4 Å². The fourth-order valence-corrected chi connectivity index (χ4v) is 8.58. The minimum absolute atomic E-state index is 0.0912. The molecule has 0 bridgehead atoms. The number of rotatable bonds is 57. The summed E-state index contributed by atoms with van der Waals surface area (Å²) in [7, 11) is 0. The Hall–Kier alpha value is -4.71. The number of hydrogen-bond donors (Lipinski definition) is 0. The largest absolute Gasteiger partial charge is 0.462 e. The van der Waals surface area contributed by atoms with E-state index in [1.54, 1.807) is 6.08 Å². The third-order valence-corrected chi connectivity index (χ3v) is 13.3. The predicted molar refractivity (Wildman–Crippen MR) is 343 cm³/mol. The lowest BCUT2D eigenvalue weighted by Crippen LogP contribution is -2.30. The molecule has 0 aromatic heterocycles. The van der Waals surface area contributed by atoms with Crippen molar-refractivity contribution in [3.63, 3.8) is 0 Å². The third kappa shape index (κ3) is 64.0. The Balaban J connectivity index is 4.27. The number of allylic oxidation sites excluding steroid dienone is 23. The second-order valence-electron chi connectivity index (χ2n) is 20.9. The number of carbonyl (C=O) groups is 3. The molecular weight excluding hydrogens is 973 g/mol. The van der Waals surface area contributed by atoms with Crippen molar-refractivity contribution in [2.75, 3.05) is 13.2 Å². The van der Waals surface area contributed by atoms with Crippen LogP contribution in [0.15, 0.2) is 146 Å². The van der Waals surface area contributed by atoms with Crippen molar-refractivity contribution in [2.24, 2.45) is 0 Å². The van der Waals surface area contributed by atoms with Crippen molar-refractivity contribution in [3.8, 4) is 0 Å². The molecule has 0 saturated heterocycles. The number of ether oxygens (including phenoxy) is 3. The third-order valence-electron chi connectivity index (χ3n) is 13.3. The second-order valence-corrected chi connectivity index (χ2v) is 20.9. The quantitative estimate of drug-likeness (QED) is 0.0261. The highest BCUT2D eigenvalue weighted by Gasteiger charge is 2.19. The molecule has 0 aliphatic heterocycles. The lowest BCUT2D eigenvalue weighted by atomic mass is 10.0. The second kappa shape index (κ2) is 65.8. The molecule has 0 spiro atoms. The standard InChI is InChI=1S/C73H118O6/c1-4-7-10-13-16-19-22-25-27-28-29-30-31-32-33-34-35-36-37-38-39-40-41-42-43-44-46-48-51-54-57-60-63-66-72(75)78-69-70(68-77-71(74)65-62-59-56-53-50-47-24-21-18-15-12-9-6-3)79-73(76)67-64-61-58-55-52-49-45-26-23-20-17-14-11-8-5-2/h7-8,10-11,16-17,19-21,24-27,29-30,32-33,35-36,45,52,55,61,64,70H,4-6,9,12-15,18,22-23,28,31,34,37-44,46-51,53-54,56-60,62-63,65-69H2,1-3H3/b10-7-,11-8-,19-16-,20-17-,24-21-,27-25-,30-29-,33-32-,36-35-,45-26-,55-52-,64-61-. The minimum Gasteiger partial charge on any atom is -0.462 e. The van der Waals surface area contributed by atoms with Gasteiger partial charge in [-0.1, -0.05) is 282 Å². The molecule has 446 valence electrons. The summed E-state index contributed by atoms with van der Waals surface area (Å²) in [5.74, 6) is -1.06. The Bertz CT molecular complexity index is 1730. The van der Waals surface area contributed by atoms with E-state index in [4.69, 9.17) is 14.2 Å². The zero-order valence-electron chi connectivity index (χ0n) is 51.1. The topological polar surface area (TPSA) is 78.9 Å². The fourth-order valence-electron chi connectivity index (χ4n) is 8.58. The molecule has 0 fully saturated rings. The molecule has 79 heavy (non-hydrogen) atoms.